The van der Waals surface area contributed by atoms with E-state index in [1.807, 2.05) is 24.3 Å². The second-order valence-corrected chi connectivity index (χ2v) is 3.35. The monoisotopic (exact) mass is 186 g/mol. The molecule has 0 radical (unpaired) electrons. The Balaban J connectivity index is 2.34. The van der Waals surface area contributed by atoms with Crippen molar-refractivity contribution in [2.75, 3.05) is 5.73 Å². The average Bonchev–Trinajstić information content (AvgIpc) is 2.67. The van der Waals surface area contributed by atoms with Crippen molar-refractivity contribution in [3.8, 4) is 11.1 Å². The highest BCUT2D eigenvalue weighted by atomic mass is 14.9. The molecule has 2 rings (SSSR count). The van der Waals surface area contributed by atoms with Gasteiger partial charge in [0.15, 0.2) is 0 Å². The number of hydrogen-bond acceptors (Lipinski definition) is 1. The number of anilines is 1. The summed E-state index contributed by atoms with van der Waals surface area (Å²) in [5.74, 6) is 0. The Labute approximate surface area is 84.0 Å². The van der Waals surface area contributed by atoms with Crippen LogP contribution >= 0.6 is 0 Å². The van der Waals surface area contributed by atoms with E-state index in [1.54, 1.807) is 0 Å². The molecule has 2 aromatic rings. The fourth-order valence-corrected chi connectivity index (χ4v) is 1.48. The lowest BCUT2D eigenvalue weighted by atomic mass is 10.1. The highest BCUT2D eigenvalue weighted by molar-refractivity contribution is 5.64. The van der Waals surface area contributed by atoms with Gasteiger partial charge in [-0.15, -0.1) is 0 Å². The highest BCUT2D eigenvalue weighted by Gasteiger charge is 1.98. The number of aromatic nitrogens is 1. The van der Waals surface area contributed by atoms with Crippen LogP contribution in [-0.2, 0) is 6.54 Å². The van der Waals surface area contributed by atoms with Crippen molar-refractivity contribution >= 4 is 5.69 Å². The van der Waals surface area contributed by atoms with Gasteiger partial charge in [-0.25, -0.2) is 0 Å². The molecule has 0 aliphatic heterocycles. The molecule has 2 N–H and O–H groups in total. The van der Waals surface area contributed by atoms with Gasteiger partial charge in [-0.3, -0.25) is 0 Å². The van der Waals surface area contributed by atoms with Gasteiger partial charge in [0.1, 0.15) is 0 Å². The van der Waals surface area contributed by atoms with Gasteiger partial charge in [-0.2, -0.15) is 0 Å². The van der Waals surface area contributed by atoms with Crippen molar-refractivity contribution in [1.82, 2.24) is 4.57 Å². The van der Waals surface area contributed by atoms with Crippen LogP contribution in [0, 0.1) is 0 Å². The summed E-state index contributed by atoms with van der Waals surface area (Å²) < 4.78 is 2.16. The molecule has 0 spiro atoms. The van der Waals surface area contributed by atoms with Crippen LogP contribution in [-0.4, -0.2) is 4.57 Å². The van der Waals surface area contributed by atoms with E-state index >= 15 is 0 Å². The normalized spacial score (nSPS) is 10.4. The van der Waals surface area contributed by atoms with E-state index in [9.17, 15) is 0 Å². The molecule has 0 aliphatic carbocycles. The summed E-state index contributed by atoms with van der Waals surface area (Å²) in [6.07, 6.45) is 4.23. The number of nitrogens with zero attached hydrogens (tertiary/aromatic N) is 1. The first kappa shape index (κ1) is 8.88. The van der Waals surface area contributed by atoms with Crippen LogP contribution in [0.5, 0.6) is 0 Å². The van der Waals surface area contributed by atoms with Crippen LogP contribution in [0.3, 0.4) is 0 Å². The van der Waals surface area contributed by atoms with E-state index < -0.39 is 0 Å². The molecule has 0 fully saturated rings. The third-order valence-corrected chi connectivity index (χ3v) is 2.36. The predicted octanol–water partition coefficient (Wildman–Crippen LogP) is 2.76. The van der Waals surface area contributed by atoms with Crippen LogP contribution in [0.15, 0.2) is 42.7 Å². The smallest absolute Gasteiger partial charge is 0.0314 e. The summed E-state index contributed by atoms with van der Waals surface area (Å²) in [7, 11) is 0. The number of nitrogen functional groups attached to an aromatic ring is 1. The third-order valence-electron chi connectivity index (χ3n) is 2.36. The Morgan fingerprint density at radius 1 is 1.07 bits per heavy atom. The lowest BCUT2D eigenvalue weighted by Crippen LogP contribution is -1.87. The molecule has 2 heteroatoms. The van der Waals surface area contributed by atoms with E-state index in [0.717, 1.165) is 12.2 Å². The van der Waals surface area contributed by atoms with Crippen molar-refractivity contribution in [3.63, 3.8) is 0 Å². The molecule has 1 heterocycles. The zero-order valence-corrected chi connectivity index (χ0v) is 8.27. The molecule has 0 atom stereocenters. The summed E-state index contributed by atoms with van der Waals surface area (Å²) in [6.45, 7) is 3.14. The Hall–Kier alpha value is -1.70. The van der Waals surface area contributed by atoms with E-state index in [1.165, 1.54) is 11.1 Å². The van der Waals surface area contributed by atoms with Gasteiger partial charge < -0.3 is 10.3 Å². The molecule has 72 valence electrons. The average molecular weight is 186 g/mol. The molecule has 0 saturated carbocycles. The van der Waals surface area contributed by atoms with Crippen LogP contribution in [0.1, 0.15) is 6.92 Å². The SMILES string of the molecule is CCn1ccc(-c2ccc(N)cc2)c1. The van der Waals surface area contributed by atoms with Crippen LogP contribution in [0.25, 0.3) is 11.1 Å². The zero-order valence-electron chi connectivity index (χ0n) is 8.27. The van der Waals surface area contributed by atoms with E-state index in [2.05, 4.69) is 30.0 Å². The largest absolute Gasteiger partial charge is 0.399 e. The van der Waals surface area contributed by atoms with Crippen molar-refractivity contribution in [3.05, 3.63) is 42.7 Å². The zero-order chi connectivity index (χ0) is 9.97. The minimum Gasteiger partial charge on any atom is -0.399 e. The molecule has 0 amide bonds. The van der Waals surface area contributed by atoms with E-state index in [0.29, 0.717) is 0 Å². The second kappa shape index (κ2) is 3.58. The number of nitrogens with two attached hydrogens (primary N) is 1. The summed E-state index contributed by atoms with van der Waals surface area (Å²) in [5.41, 5.74) is 8.90. The summed E-state index contributed by atoms with van der Waals surface area (Å²) in [4.78, 5) is 0. The van der Waals surface area contributed by atoms with Crippen LogP contribution < -0.4 is 5.73 Å². The quantitative estimate of drug-likeness (QED) is 0.718. The molecule has 14 heavy (non-hydrogen) atoms. The standard InChI is InChI=1S/C12H14N2/c1-2-14-8-7-11(9-14)10-3-5-12(13)6-4-10/h3-9H,2,13H2,1H3. The van der Waals surface area contributed by atoms with E-state index in [-0.39, 0.29) is 0 Å². The van der Waals surface area contributed by atoms with Crippen molar-refractivity contribution < 1.29 is 0 Å². The first-order chi connectivity index (χ1) is 6.79. The molecule has 1 aromatic heterocycles. The second-order valence-electron chi connectivity index (χ2n) is 3.35. The highest BCUT2D eigenvalue weighted by Crippen LogP contribution is 2.20. The third kappa shape index (κ3) is 1.64. The fourth-order valence-electron chi connectivity index (χ4n) is 1.48. The minimum absolute atomic E-state index is 0.809. The van der Waals surface area contributed by atoms with Gasteiger partial charge in [0, 0.05) is 24.6 Å². The molecular weight excluding hydrogens is 172 g/mol. The lowest BCUT2D eigenvalue weighted by Gasteiger charge is -1.98. The first-order valence-electron chi connectivity index (χ1n) is 4.81. The van der Waals surface area contributed by atoms with Crippen LogP contribution in [0.2, 0.25) is 0 Å². The Bertz CT molecular complexity index is 412. The predicted molar refractivity (Wildman–Crippen MR) is 60.0 cm³/mol. The maximum absolute atomic E-state index is 5.63. The summed E-state index contributed by atoms with van der Waals surface area (Å²) in [5, 5.41) is 0. The minimum atomic E-state index is 0.809. The topological polar surface area (TPSA) is 30.9 Å². The molecule has 2 nitrogen and oxygen atoms in total. The van der Waals surface area contributed by atoms with Gasteiger partial charge in [-0.1, -0.05) is 12.1 Å². The van der Waals surface area contributed by atoms with Gasteiger partial charge in [0.25, 0.3) is 0 Å². The Kier molecular flexibility index (Phi) is 2.27. The number of rotatable bonds is 2. The van der Waals surface area contributed by atoms with Crippen molar-refractivity contribution in [1.29, 1.82) is 0 Å². The number of aryl methyl sites for hydroxylation is 1. The van der Waals surface area contributed by atoms with Crippen molar-refractivity contribution in [2.45, 2.75) is 13.5 Å². The molecule has 0 aliphatic rings. The van der Waals surface area contributed by atoms with Gasteiger partial charge in [-0.05, 0) is 36.2 Å². The van der Waals surface area contributed by atoms with Crippen LogP contribution in [0.4, 0.5) is 5.69 Å². The Morgan fingerprint density at radius 2 is 1.79 bits per heavy atom. The molecule has 1 aromatic carbocycles. The van der Waals surface area contributed by atoms with Gasteiger partial charge in [0.2, 0.25) is 0 Å². The molecular formula is C12H14N2. The maximum atomic E-state index is 5.63. The summed E-state index contributed by atoms with van der Waals surface area (Å²) in [6, 6.07) is 10.1. The number of hydrogen-bond donors (Lipinski definition) is 1. The maximum Gasteiger partial charge on any atom is 0.0314 e. The molecule has 0 unspecified atom stereocenters. The fraction of sp³-hybridized carbons (Fsp3) is 0.167. The van der Waals surface area contributed by atoms with Gasteiger partial charge in [0.05, 0.1) is 0 Å². The van der Waals surface area contributed by atoms with Gasteiger partial charge >= 0.3 is 0 Å². The summed E-state index contributed by atoms with van der Waals surface area (Å²) >= 11 is 0. The molecule has 0 saturated heterocycles. The number of benzene rings is 1. The Morgan fingerprint density at radius 3 is 2.36 bits per heavy atom. The molecule has 0 bridgehead atoms. The first-order valence-corrected chi connectivity index (χ1v) is 4.81. The van der Waals surface area contributed by atoms with Crippen molar-refractivity contribution in [2.24, 2.45) is 0 Å². The lowest BCUT2D eigenvalue weighted by molar-refractivity contribution is 0.770. The van der Waals surface area contributed by atoms with E-state index in [4.69, 9.17) is 5.73 Å².